The smallest absolute Gasteiger partial charge is 0.139 e. The molecule has 0 heterocycles. The normalized spacial score (nSPS) is 42.8. The average molecular weight is 317 g/mol. The Morgan fingerprint density at radius 3 is 2.61 bits per heavy atom. The van der Waals surface area contributed by atoms with E-state index < -0.39 is 0 Å². The number of hydrogen-bond donors (Lipinski definition) is 0. The van der Waals surface area contributed by atoms with Crippen LogP contribution in [0.4, 0.5) is 0 Å². The molecular weight excluding hydrogens is 290 g/mol. The summed E-state index contributed by atoms with van der Waals surface area (Å²) in [5.41, 5.74) is 8.00. The van der Waals surface area contributed by atoms with Crippen molar-refractivity contribution in [1.82, 2.24) is 0 Å². The molecule has 5 heteroatoms. The Balaban J connectivity index is 1.81. The van der Waals surface area contributed by atoms with Crippen LogP contribution in [0.2, 0.25) is 0 Å². The third kappa shape index (κ3) is 2.50. The summed E-state index contributed by atoms with van der Waals surface area (Å²) in [6, 6.07) is 0. The molecule has 0 amide bonds. The van der Waals surface area contributed by atoms with E-state index in [0.717, 1.165) is 44.9 Å². The van der Waals surface area contributed by atoms with Crippen molar-refractivity contribution in [3.63, 3.8) is 0 Å². The second-order valence-electron chi connectivity index (χ2n) is 8.23. The van der Waals surface area contributed by atoms with E-state index >= 15 is 0 Å². The summed E-state index contributed by atoms with van der Waals surface area (Å²) in [6.45, 7) is 4.76. The van der Waals surface area contributed by atoms with Crippen molar-refractivity contribution in [2.24, 2.45) is 33.7 Å². The van der Waals surface area contributed by atoms with E-state index in [-0.39, 0.29) is 10.8 Å². The molecule has 3 saturated carbocycles. The topological polar surface area (TPSA) is 82.9 Å². The lowest BCUT2D eigenvalue weighted by molar-refractivity contribution is -0.147. The van der Waals surface area contributed by atoms with Crippen LogP contribution >= 0.6 is 0 Å². The number of ketones is 2. The molecule has 3 aliphatic rings. The van der Waals surface area contributed by atoms with Crippen molar-refractivity contribution in [3.8, 4) is 0 Å². The van der Waals surface area contributed by atoms with Crippen LogP contribution in [-0.4, -0.2) is 18.1 Å². The Bertz CT molecular complexity index is 569. The van der Waals surface area contributed by atoms with Gasteiger partial charge in [-0.25, -0.2) is 0 Å². The van der Waals surface area contributed by atoms with Crippen LogP contribution in [0.25, 0.3) is 10.4 Å². The van der Waals surface area contributed by atoms with Crippen LogP contribution in [-0.2, 0) is 9.59 Å². The molecule has 0 unspecified atom stereocenters. The lowest BCUT2D eigenvalue weighted by Crippen LogP contribution is -2.52. The highest BCUT2D eigenvalue weighted by Gasteiger charge is 2.59. The van der Waals surface area contributed by atoms with E-state index in [0.29, 0.717) is 42.3 Å². The molecule has 3 aliphatic carbocycles. The minimum atomic E-state index is -0.291. The molecule has 0 bridgehead atoms. The quantitative estimate of drug-likeness (QED) is 0.332. The fraction of sp³-hybridized carbons (Fsp3) is 0.889. The molecule has 3 fully saturated rings. The third-order valence-electron chi connectivity index (χ3n) is 7.32. The first-order chi connectivity index (χ1) is 10.9. The van der Waals surface area contributed by atoms with Crippen molar-refractivity contribution < 1.29 is 9.59 Å². The van der Waals surface area contributed by atoms with Crippen molar-refractivity contribution in [3.05, 3.63) is 10.4 Å². The lowest BCUT2D eigenvalue weighted by atomic mass is 9.49. The second-order valence-corrected chi connectivity index (χ2v) is 8.23. The van der Waals surface area contributed by atoms with Gasteiger partial charge in [0, 0.05) is 35.1 Å². The number of carbonyl (C=O) groups excluding carboxylic acids is 2. The van der Waals surface area contributed by atoms with E-state index in [1.54, 1.807) is 0 Å². The zero-order valence-electron chi connectivity index (χ0n) is 14.3. The van der Waals surface area contributed by atoms with Crippen molar-refractivity contribution in [2.45, 2.75) is 65.2 Å². The predicted octanol–water partition coefficient (Wildman–Crippen LogP) is 4.46. The summed E-state index contributed by atoms with van der Waals surface area (Å²) < 4.78 is 0. The van der Waals surface area contributed by atoms with Gasteiger partial charge >= 0.3 is 0 Å². The molecule has 0 aromatic heterocycles. The summed E-state index contributed by atoms with van der Waals surface area (Å²) in [5, 5.41) is 3.62. The molecule has 0 spiro atoms. The second kappa shape index (κ2) is 5.94. The maximum Gasteiger partial charge on any atom is 0.139 e. The molecule has 23 heavy (non-hydrogen) atoms. The molecule has 0 radical (unpaired) electrons. The highest BCUT2D eigenvalue weighted by Crippen LogP contribution is 2.61. The average Bonchev–Trinajstić information content (AvgIpc) is 2.83. The SMILES string of the molecule is C[C@]1(CCCN=[N+]=[N-])C(=O)CC[C@@H]2[C@@H]1CC[C@]1(C)C(=O)CC[C@@H]21. The predicted molar refractivity (Wildman–Crippen MR) is 87.6 cm³/mol. The largest absolute Gasteiger partial charge is 0.299 e. The number of hydrogen-bond acceptors (Lipinski definition) is 3. The number of azide groups is 1. The molecule has 0 saturated heterocycles. The zero-order chi connectivity index (χ0) is 16.7. The molecule has 0 aliphatic heterocycles. The summed E-state index contributed by atoms with van der Waals surface area (Å²) in [5.74, 6) is 2.22. The number of nitrogens with zero attached hydrogens (tertiary/aromatic N) is 3. The number of rotatable bonds is 4. The van der Waals surface area contributed by atoms with Crippen molar-refractivity contribution >= 4 is 11.6 Å². The van der Waals surface area contributed by atoms with Crippen LogP contribution in [0.1, 0.15) is 65.2 Å². The van der Waals surface area contributed by atoms with E-state index in [1.165, 1.54) is 0 Å². The van der Waals surface area contributed by atoms with Gasteiger partial charge in [-0.3, -0.25) is 9.59 Å². The van der Waals surface area contributed by atoms with E-state index in [1.807, 2.05) is 0 Å². The van der Waals surface area contributed by atoms with Crippen LogP contribution in [0.3, 0.4) is 0 Å². The van der Waals surface area contributed by atoms with Gasteiger partial charge in [0.1, 0.15) is 11.6 Å². The highest BCUT2D eigenvalue weighted by molar-refractivity contribution is 5.88. The number of carbonyl (C=O) groups is 2. The first-order valence-electron chi connectivity index (χ1n) is 9.01. The lowest BCUT2D eigenvalue weighted by Gasteiger charge is -2.54. The van der Waals surface area contributed by atoms with Gasteiger partial charge in [-0.2, -0.15) is 0 Å². The molecule has 5 nitrogen and oxygen atoms in total. The molecule has 0 aromatic carbocycles. The fourth-order valence-corrected chi connectivity index (χ4v) is 5.93. The fourth-order valence-electron chi connectivity index (χ4n) is 5.93. The minimum absolute atomic E-state index is 0.131. The van der Waals surface area contributed by atoms with Crippen molar-refractivity contribution in [2.75, 3.05) is 6.54 Å². The Morgan fingerprint density at radius 1 is 1.13 bits per heavy atom. The molecule has 3 rings (SSSR count). The Kier molecular flexibility index (Phi) is 4.26. The maximum atomic E-state index is 12.7. The van der Waals surface area contributed by atoms with Crippen LogP contribution < -0.4 is 0 Å². The summed E-state index contributed by atoms with van der Waals surface area (Å²) in [6.07, 6.45) is 6.87. The minimum Gasteiger partial charge on any atom is -0.299 e. The standard InChI is InChI=1S/C18H27N3O2/c1-17(9-3-11-20-21-19)14-8-10-18(2)13(5-7-16(18)23)12(14)4-6-15(17)22/h12-14H,3-11H2,1-2H3/t12-,13-,14-,17+,18-/m0/s1. The van der Waals surface area contributed by atoms with Crippen LogP contribution in [0.5, 0.6) is 0 Å². The maximum absolute atomic E-state index is 12.7. The van der Waals surface area contributed by atoms with E-state index in [4.69, 9.17) is 5.53 Å². The Hall–Kier alpha value is -1.35. The van der Waals surface area contributed by atoms with Gasteiger partial charge in [0.05, 0.1) is 0 Å². The summed E-state index contributed by atoms with van der Waals surface area (Å²) >= 11 is 0. The Morgan fingerprint density at radius 2 is 1.87 bits per heavy atom. The molecular formula is C18H27N3O2. The van der Waals surface area contributed by atoms with Gasteiger partial charge in [0.15, 0.2) is 0 Å². The summed E-state index contributed by atoms with van der Waals surface area (Å²) in [7, 11) is 0. The third-order valence-corrected chi connectivity index (χ3v) is 7.32. The van der Waals surface area contributed by atoms with Gasteiger partial charge in [-0.15, -0.1) is 0 Å². The highest BCUT2D eigenvalue weighted by atomic mass is 16.1. The number of fused-ring (bicyclic) bond motifs is 3. The summed E-state index contributed by atoms with van der Waals surface area (Å²) in [4.78, 5) is 27.9. The zero-order valence-corrected chi connectivity index (χ0v) is 14.3. The monoisotopic (exact) mass is 317 g/mol. The van der Waals surface area contributed by atoms with Gasteiger partial charge in [0.2, 0.25) is 0 Å². The Labute approximate surface area is 137 Å². The molecule has 0 aromatic rings. The van der Waals surface area contributed by atoms with Crippen LogP contribution in [0.15, 0.2) is 5.11 Å². The molecule has 0 N–H and O–H groups in total. The first-order valence-corrected chi connectivity index (χ1v) is 9.01. The van der Waals surface area contributed by atoms with E-state index in [9.17, 15) is 9.59 Å². The van der Waals surface area contributed by atoms with Gasteiger partial charge in [-0.1, -0.05) is 19.0 Å². The van der Waals surface area contributed by atoms with Gasteiger partial charge in [0.25, 0.3) is 0 Å². The van der Waals surface area contributed by atoms with Gasteiger partial charge in [-0.05, 0) is 61.8 Å². The van der Waals surface area contributed by atoms with E-state index in [2.05, 4.69) is 23.9 Å². The molecule has 126 valence electrons. The van der Waals surface area contributed by atoms with Crippen LogP contribution in [0, 0.1) is 28.6 Å². The number of Topliss-reactive ketones (excluding diaryl/α,β-unsaturated/α-hetero) is 2. The van der Waals surface area contributed by atoms with Crippen molar-refractivity contribution in [1.29, 1.82) is 0 Å². The first kappa shape index (κ1) is 16.5. The molecule has 5 atom stereocenters. The van der Waals surface area contributed by atoms with Gasteiger partial charge < -0.3 is 0 Å².